The number of hydrogen-bond acceptors (Lipinski definition) is 4. The second-order valence-electron chi connectivity index (χ2n) is 6.98. The van der Waals surface area contributed by atoms with Crippen LogP contribution in [0.4, 0.5) is 11.4 Å². The Morgan fingerprint density at radius 1 is 1.00 bits per heavy atom. The number of amides is 1. The summed E-state index contributed by atoms with van der Waals surface area (Å²) in [5.41, 5.74) is 12.5. The van der Waals surface area contributed by atoms with Gasteiger partial charge < -0.3 is 11.1 Å². The summed E-state index contributed by atoms with van der Waals surface area (Å²) in [7, 11) is 0. The molecule has 0 aliphatic heterocycles. The number of carbonyl (C=O) groups is 1. The highest BCUT2D eigenvalue weighted by atomic mass is 32.1. The second kappa shape index (κ2) is 6.77. The Balaban J connectivity index is 1.68. The van der Waals surface area contributed by atoms with Crippen molar-refractivity contribution < 1.29 is 4.79 Å². The van der Waals surface area contributed by atoms with Gasteiger partial charge in [-0.05, 0) is 48.1 Å². The number of carbonyl (C=O) groups excluding carboxylic acids is 1. The summed E-state index contributed by atoms with van der Waals surface area (Å²) in [5.74, 6) is -0.189. The van der Waals surface area contributed by atoms with Crippen LogP contribution in [0.15, 0.2) is 60.7 Å². The third-order valence-electron chi connectivity index (χ3n) is 5.20. The lowest BCUT2D eigenvalue weighted by atomic mass is 9.96. The predicted molar refractivity (Wildman–Crippen MR) is 116 cm³/mol. The summed E-state index contributed by atoms with van der Waals surface area (Å²) in [5, 5.41) is 3.85. The zero-order valence-corrected chi connectivity index (χ0v) is 16.1. The topological polar surface area (TPSA) is 68.0 Å². The maximum atomic E-state index is 12.9. The number of aryl methyl sites for hydroxylation is 1. The number of para-hydroxylation sites is 1. The molecule has 0 saturated carbocycles. The van der Waals surface area contributed by atoms with Gasteiger partial charge in [0.2, 0.25) is 0 Å². The molecule has 0 radical (unpaired) electrons. The molecule has 2 aromatic heterocycles. The Kier molecular flexibility index (Phi) is 4.10. The highest BCUT2D eigenvalue weighted by Gasteiger charge is 2.26. The van der Waals surface area contributed by atoms with E-state index in [1.54, 1.807) is 0 Å². The summed E-state index contributed by atoms with van der Waals surface area (Å²) in [6.07, 6.45) is 3.10. The molecule has 2 aromatic carbocycles. The SMILES string of the molecule is Nc1c(C(=O)Nc2ccccc2)sc2nc3c(c(-c4ccccc4)c12)CCC3. The highest BCUT2D eigenvalue weighted by Crippen LogP contribution is 2.44. The molecule has 28 heavy (non-hydrogen) atoms. The van der Waals surface area contributed by atoms with Crippen LogP contribution in [0.25, 0.3) is 21.3 Å². The average molecular weight is 385 g/mol. The van der Waals surface area contributed by atoms with E-state index in [1.807, 2.05) is 48.5 Å². The summed E-state index contributed by atoms with van der Waals surface area (Å²) < 4.78 is 0. The molecule has 1 amide bonds. The van der Waals surface area contributed by atoms with Crippen LogP contribution in [0, 0.1) is 0 Å². The van der Waals surface area contributed by atoms with Gasteiger partial charge in [0, 0.05) is 16.8 Å². The molecule has 1 aliphatic rings. The first-order valence-corrected chi connectivity index (χ1v) is 10.2. The molecule has 138 valence electrons. The largest absolute Gasteiger partial charge is 0.397 e. The van der Waals surface area contributed by atoms with E-state index in [1.165, 1.54) is 16.9 Å². The van der Waals surface area contributed by atoms with E-state index < -0.39 is 0 Å². The van der Waals surface area contributed by atoms with Crippen LogP contribution in [0.5, 0.6) is 0 Å². The van der Waals surface area contributed by atoms with Crippen molar-refractivity contribution in [2.45, 2.75) is 19.3 Å². The van der Waals surface area contributed by atoms with Gasteiger partial charge in [0.25, 0.3) is 5.91 Å². The van der Waals surface area contributed by atoms with Crippen molar-refractivity contribution in [2.75, 3.05) is 11.1 Å². The molecule has 0 spiro atoms. The number of hydrogen-bond donors (Lipinski definition) is 2. The molecule has 2 heterocycles. The number of fused-ring (bicyclic) bond motifs is 2. The van der Waals surface area contributed by atoms with Gasteiger partial charge in [-0.3, -0.25) is 4.79 Å². The van der Waals surface area contributed by atoms with Crippen LogP contribution < -0.4 is 11.1 Å². The molecule has 0 fully saturated rings. The number of pyridine rings is 1. The minimum absolute atomic E-state index is 0.189. The van der Waals surface area contributed by atoms with Crippen molar-refractivity contribution in [3.8, 4) is 11.1 Å². The first kappa shape index (κ1) is 17.0. The van der Waals surface area contributed by atoms with Crippen molar-refractivity contribution >= 4 is 38.8 Å². The molecule has 0 bridgehead atoms. The zero-order valence-electron chi connectivity index (χ0n) is 15.2. The van der Waals surface area contributed by atoms with Crippen LogP contribution in [0.3, 0.4) is 0 Å². The fraction of sp³-hybridized carbons (Fsp3) is 0.130. The van der Waals surface area contributed by atoms with Crippen LogP contribution in [0.1, 0.15) is 27.3 Å². The molecule has 1 aliphatic carbocycles. The number of nitrogens with zero attached hydrogens (tertiary/aromatic N) is 1. The third kappa shape index (κ3) is 2.75. The molecule has 5 heteroatoms. The van der Waals surface area contributed by atoms with E-state index in [-0.39, 0.29) is 5.91 Å². The number of rotatable bonds is 3. The van der Waals surface area contributed by atoms with Crippen molar-refractivity contribution in [1.82, 2.24) is 4.98 Å². The maximum absolute atomic E-state index is 12.9. The Bertz CT molecular complexity index is 1180. The van der Waals surface area contributed by atoms with E-state index in [0.29, 0.717) is 10.6 Å². The van der Waals surface area contributed by atoms with Crippen LogP contribution >= 0.6 is 11.3 Å². The Morgan fingerprint density at radius 3 is 2.46 bits per heavy atom. The van der Waals surface area contributed by atoms with E-state index in [9.17, 15) is 4.79 Å². The normalized spacial score (nSPS) is 12.9. The van der Waals surface area contributed by atoms with Crippen molar-refractivity contribution in [1.29, 1.82) is 0 Å². The quantitative estimate of drug-likeness (QED) is 0.504. The maximum Gasteiger partial charge on any atom is 0.267 e. The minimum atomic E-state index is -0.189. The number of nitrogens with two attached hydrogens (primary N) is 1. The molecular formula is C23H19N3OS. The summed E-state index contributed by atoms with van der Waals surface area (Å²) in [6.45, 7) is 0. The highest BCUT2D eigenvalue weighted by molar-refractivity contribution is 7.21. The standard InChI is InChI=1S/C23H19N3OS/c24-20-19-18(14-8-3-1-4-9-14)16-12-7-13-17(16)26-23(19)28-21(20)22(27)25-15-10-5-2-6-11-15/h1-6,8-11H,7,12-13,24H2,(H,25,27). The summed E-state index contributed by atoms with van der Waals surface area (Å²) >= 11 is 1.38. The minimum Gasteiger partial charge on any atom is -0.397 e. The molecule has 3 N–H and O–H groups in total. The molecule has 0 saturated heterocycles. The van der Waals surface area contributed by atoms with Crippen LogP contribution in [-0.2, 0) is 12.8 Å². The zero-order chi connectivity index (χ0) is 19.1. The van der Waals surface area contributed by atoms with Gasteiger partial charge in [0.05, 0.1) is 5.69 Å². The number of benzene rings is 2. The molecule has 0 atom stereocenters. The Labute approximate surface area is 167 Å². The number of nitrogen functional groups attached to an aromatic ring is 1. The molecule has 5 rings (SSSR count). The summed E-state index contributed by atoms with van der Waals surface area (Å²) in [6, 6.07) is 19.7. The predicted octanol–water partition coefficient (Wildman–Crippen LogP) is 5.29. The average Bonchev–Trinajstić information content (AvgIpc) is 3.32. The first-order chi connectivity index (χ1) is 13.7. The van der Waals surface area contributed by atoms with E-state index in [4.69, 9.17) is 10.7 Å². The molecular weight excluding hydrogens is 366 g/mol. The van der Waals surface area contributed by atoms with Gasteiger partial charge in [-0.25, -0.2) is 4.98 Å². The number of anilines is 2. The fourth-order valence-electron chi connectivity index (χ4n) is 3.95. The van der Waals surface area contributed by atoms with E-state index in [2.05, 4.69) is 17.4 Å². The fourth-order valence-corrected chi connectivity index (χ4v) is 4.97. The smallest absolute Gasteiger partial charge is 0.267 e. The van der Waals surface area contributed by atoms with Crippen molar-refractivity contribution in [3.05, 3.63) is 76.8 Å². The number of aromatic nitrogens is 1. The number of thiophene rings is 1. The lowest BCUT2D eigenvalue weighted by Gasteiger charge is -2.11. The van der Waals surface area contributed by atoms with Crippen LogP contribution in [0.2, 0.25) is 0 Å². The first-order valence-electron chi connectivity index (χ1n) is 9.38. The number of nitrogens with one attached hydrogen (secondary N) is 1. The van der Waals surface area contributed by atoms with Crippen molar-refractivity contribution in [2.24, 2.45) is 0 Å². The van der Waals surface area contributed by atoms with Gasteiger partial charge in [-0.2, -0.15) is 0 Å². The molecule has 0 unspecified atom stereocenters. The third-order valence-corrected chi connectivity index (χ3v) is 6.30. The lowest BCUT2D eigenvalue weighted by Crippen LogP contribution is -2.11. The second-order valence-corrected chi connectivity index (χ2v) is 7.98. The van der Waals surface area contributed by atoms with E-state index in [0.717, 1.165) is 52.0 Å². The van der Waals surface area contributed by atoms with Gasteiger partial charge in [-0.15, -0.1) is 11.3 Å². The Morgan fingerprint density at radius 2 is 1.71 bits per heavy atom. The van der Waals surface area contributed by atoms with E-state index >= 15 is 0 Å². The monoisotopic (exact) mass is 385 g/mol. The Hall–Kier alpha value is -3.18. The van der Waals surface area contributed by atoms with Gasteiger partial charge >= 0.3 is 0 Å². The van der Waals surface area contributed by atoms with Crippen molar-refractivity contribution in [3.63, 3.8) is 0 Å². The van der Waals surface area contributed by atoms with Gasteiger partial charge in [-0.1, -0.05) is 48.5 Å². The van der Waals surface area contributed by atoms with Gasteiger partial charge in [0.1, 0.15) is 9.71 Å². The lowest BCUT2D eigenvalue weighted by molar-refractivity contribution is 0.103. The summed E-state index contributed by atoms with van der Waals surface area (Å²) in [4.78, 5) is 19.1. The molecule has 4 nitrogen and oxygen atoms in total. The molecule has 4 aromatic rings. The van der Waals surface area contributed by atoms with Gasteiger partial charge in [0.15, 0.2) is 0 Å². The van der Waals surface area contributed by atoms with Crippen LogP contribution in [-0.4, -0.2) is 10.9 Å².